The standard InChI is InChI=1S/C19H12Cl2N2O2S/c1-23-18-15(17(22-23)11-5-7-12(20)8-6-11)10-16(26-18)19(24)25-14-4-2-3-13(21)9-14/h2-10H,1H3. The Morgan fingerprint density at radius 2 is 1.85 bits per heavy atom. The molecule has 0 radical (unpaired) electrons. The van der Waals surface area contributed by atoms with Crippen LogP contribution in [0.15, 0.2) is 54.6 Å². The molecule has 2 heterocycles. The molecule has 0 aliphatic heterocycles. The summed E-state index contributed by atoms with van der Waals surface area (Å²) in [5.74, 6) is -0.00784. The van der Waals surface area contributed by atoms with Crippen LogP contribution in [0.3, 0.4) is 0 Å². The Morgan fingerprint density at radius 1 is 1.08 bits per heavy atom. The lowest BCUT2D eigenvalue weighted by Crippen LogP contribution is -2.06. The van der Waals surface area contributed by atoms with Crippen LogP contribution in [0.5, 0.6) is 5.75 Å². The van der Waals surface area contributed by atoms with E-state index in [0.717, 1.165) is 21.5 Å². The van der Waals surface area contributed by atoms with Crippen molar-refractivity contribution in [1.29, 1.82) is 0 Å². The Labute approximate surface area is 163 Å². The minimum absolute atomic E-state index is 0.413. The second kappa shape index (κ2) is 6.76. The molecule has 4 aromatic rings. The number of carbonyl (C=O) groups excluding carboxylic acids is 1. The van der Waals surface area contributed by atoms with Crippen LogP contribution in [0.4, 0.5) is 0 Å². The quantitative estimate of drug-likeness (QED) is 0.319. The number of carbonyl (C=O) groups is 1. The number of aryl methyl sites for hydroxylation is 1. The van der Waals surface area contributed by atoms with E-state index in [-0.39, 0.29) is 0 Å². The van der Waals surface area contributed by atoms with Gasteiger partial charge in [0.15, 0.2) is 0 Å². The Balaban J connectivity index is 1.70. The first-order chi connectivity index (χ1) is 12.5. The van der Waals surface area contributed by atoms with Crippen LogP contribution < -0.4 is 4.74 Å². The van der Waals surface area contributed by atoms with Gasteiger partial charge in [-0.25, -0.2) is 4.79 Å². The van der Waals surface area contributed by atoms with Crippen molar-refractivity contribution in [2.24, 2.45) is 7.05 Å². The molecule has 7 heteroatoms. The van der Waals surface area contributed by atoms with Crippen molar-refractivity contribution < 1.29 is 9.53 Å². The van der Waals surface area contributed by atoms with Crippen LogP contribution in [-0.4, -0.2) is 15.7 Å². The lowest BCUT2D eigenvalue weighted by molar-refractivity contribution is 0.0740. The van der Waals surface area contributed by atoms with Crippen molar-refractivity contribution in [2.45, 2.75) is 0 Å². The minimum Gasteiger partial charge on any atom is -0.422 e. The third-order valence-corrected chi connectivity index (χ3v) is 5.51. The van der Waals surface area contributed by atoms with Crippen LogP contribution in [0.25, 0.3) is 21.5 Å². The lowest BCUT2D eigenvalue weighted by atomic mass is 10.1. The summed E-state index contributed by atoms with van der Waals surface area (Å²) in [6, 6.07) is 16.0. The summed E-state index contributed by atoms with van der Waals surface area (Å²) >= 11 is 13.2. The van der Waals surface area contributed by atoms with Gasteiger partial charge < -0.3 is 4.74 Å². The van der Waals surface area contributed by atoms with Crippen LogP contribution in [-0.2, 0) is 7.05 Å². The zero-order valence-electron chi connectivity index (χ0n) is 13.6. The number of rotatable bonds is 3. The monoisotopic (exact) mass is 402 g/mol. The maximum Gasteiger partial charge on any atom is 0.353 e. The molecule has 0 unspecified atom stereocenters. The van der Waals surface area contributed by atoms with E-state index in [4.69, 9.17) is 27.9 Å². The predicted octanol–water partition coefficient (Wildman–Crippen LogP) is 5.83. The highest BCUT2D eigenvalue weighted by Crippen LogP contribution is 2.34. The Morgan fingerprint density at radius 3 is 2.58 bits per heavy atom. The molecular weight excluding hydrogens is 391 g/mol. The smallest absolute Gasteiger partial charge is 0.353 e. The first-order valence-electron chi connectivity index (χ1n) is 7.71. The Kier molecular flexibility index (Phi) is 4.44. The fourth-order valence-corrected chi connectivity index (χ4v) is 3.90. The molecule has 0 aliphatic rings. The number of esters is 1. The average Bonchev–Trinajstić information content (AvgIpc) is 3.17. The zero-order chi connectivity index (χ0) is 18.3. The van der Waals surface area contributed by atoms with Gasteiger partial charge in [-0.3, -0.25) is 4.68 Å². The number of ether oxygens (including phenoxy) is 1. The van der Waals surface area contributed by atoms with Gasteiger partial charge in [-0.1, -0.05) is 41.4 Å². The molecule has 0 fully saturated rings. The summed E-state index contributed by atoms with van der Waals surface area (Å²) in [6.45, 7) is 0. The number of hydrogen-bond donors (Lipinski definition) is 0. The molecule has 0 saturated carbocycles. The van der Waals surface area contributed by atoms with Gasteiger partial charge in [0.1, 0.15) is 21.2 Å². The summed E-state index contributed by atoms with van der Waals surface area (Å²) in [6.07, 6.45) is 0. The van der Waals surface area contributed by atoms with Gasteiger partial charge in [-0.2, -0.15) is 5.10 Å². The summed E-state index contributed by atoms with van der Waals surface area (Å²) in [4.78, 5) is 13.9. The van der Waals surface area contributed by atoms with Crippen LogP contribution in [0.1, 0.15) is 9.67 Å². The molecule has 0 bridgehead atoms. The molecule has 2 aromatic carbocycles. The van der Waals surface area contributed by atoms with Crippen LogP contribution >= 0.6 is 34.5 Å². The fraction of sp³-hybridized carbons (Fsp3) is 0.0526. The molecule has 2 aromatic heterocycles. The number of hydrogen-bond acceptors (Lipinski definition) is 4. The van der Waals surface area contributed by atoms with E-state index in [1.54, 1.807) is 28.9 Å². The third kappa shape index (κ3) is 3.21. The molecule has 130 valence electrons. The summed E-state index contributed by atoms with van der Waals surface area (Å²) in [7, 11) is 1.85. The van der Waals surface area contributed by atoms with E-state index < -0.39 is 5.97 Å². The van der Waals surface area contributed by atoms with Gasteiger partial charge in [0.05, 0.1) is 0 Å². The number of thiophene rings is 1. The normalized spacial score (nSPS) is 11.0. The summed E-state index contributed by atoms with van der Waals surface area (Å²) in [5.41, 5.74) is 1.74. The molecule has 4 rings (SSSR count). The largest absolute Gasteiger partial charge is 0.422 e. The first kappa shape index (κ1) is 17.1. The number of halogens is 2. The van der Waals surface area contributed by atoms with E-state index in [2.05, 4.69) is 5.10 Å². The highest BCUT2D eigenvalue weighted by Gasteiger charge is 2.19. The number of aromatic nitrogens is 2. The van der Waals surface area contributed by atoms with E-state index in [9.17, 15) is 4.79 Å². The molecule has 0 saturated heterocycles. The second-order valence-electron chi connectivity index (χ2n) is 5.66. The number of nitrogens with zero attached hydrogens (tertiary/aromatic N) is 2. The van der Waals surface area contributed by atoms with E-state index in [1.807, 2.05) is 37.4 Å². The minimum atomic E-state index is -0.421. The van der Waals surface area contributed by atoms with Gasteiger partial charge >= 0.3 is 5.97 Å². The van der Waals surface area contributed by atoms with Crippen molar-refractivity contribution in [2.75, 3.05) is 0 Å². The Bertz CT molecular complexity index is 1120. The van der Waals surface area contributed by atoms with E-state index in [1.165, 1.54) is 11.3 Å². The second-order valence-corrected chi connectivity index (χ2v) is 7.56. The van der Waals surface area contributed by atoms with Crippen molar-refractivity contribution in [3.8, 4) is 17.0 Å². The molecule has 0 amide bonds. The van der Waals surface area contributed by atoms with Gasteiger partial charge in [0.25, 0.3) is 0 Å². The van der Waals surface area contributed by atoms with Gasteiger partial charge in [0, 0.05) is 28.0 Å². The summed E-state index contributed by atoms with van der Waals surface area (Å²) < 4.78 is 7.19. The summed E-state index contributed by atoms with van der Waals surface area (Å²) in [5, 5.41) is 6.64. The first-order valence-corrected chi connectivity index (χ1v) is 9.29. The fourth-order valence-electron chi connectivity index (χ4n) is 2.65. The number of benzene rings is 2. The Hall–Kier alpha value is -2.34. The maximum absolute atomic E-state index is 12.5. The highest BCUT2D eigenvalue weighted by molar-refractivity contribution is 7.20. The SMILES string of the molecule is Cn1nc(-c2ccc(Cl)cc2)c2cc(C(=O)Oc3cccc(Cl)c3)sc21. The number of fused-ring (bicyclic) bond motifs is 1. The van der Waals surface area contributed by atoms with Gasteiger partial charge in [-0.05, 0) is 36.4 Å². The maximum atomic E-state index is 12.5. The highest BCUT2D eigenvalue weighted by atomic mass is 35.5. The van der Waals surface area contributed by atoms with Crippen molar-refractivity contribution in [3.63, 3.8) is 0 Å². The van der Waals surface area contributed by atoms with Crippen LogP contribution in [0, 0.1) is 0 Å². The molecule has 26 heavy (non-hydrogen) atoms. The van der Waals surface area contributed by atoms with Crippen molar-refractivity contribution in [1.82, 2.24) is 9.78 Å². The molecule has 0 aliphatic carbocycles. The topological polar surface area (TPSA) is 44.1 Å². The zero-order valence-corrected chi connectivity index (χ0v) is 15.9. The molecule has 0 spiro atoms. The molecule has 0 atom stereocenters. The molecule has 0 N–H and O–H groups in total. The molecular formula is C19H12Cl2N2O2S. The van der Waals surface area contributed by atoms with Crippen molar-refractivity contribution >= 4 is 50.7 Å². The van der Waals surface area contributed by atoms with Gasteiger partial charge in [0.2, 0.25) is 0 Å². The molecule has 4 nitrogen and oxygen atoms in total. The van der Waals surface area contributed by atoms with Crippen molar-refractivity contribution in [3.05, 3.63) is 69.5 Å². The van der Waals surface area contributed by atoms with E-state index in [0.29, 0.717) is 20.7 Å². The third-order valence-electron chi connectivity index (χ3n) is 3.84. The average molecular weight is 403 g/mol. The van der Waals surface area contributed by atoms with Crippen LogP contribution in [0.2, 0.25) is 10.0 Å². The lowest BCUT2D eigenvalue weighted by Gasteiger charge is -2.02. The van der Waals surface area contributed by atoms with Gasteiger partial charge in [-0.15, -0.1) is 11.3 Å². The predicted molar refractivity (Wildman–Crippen MR) is 105 cm³/mol. The van der Waals surface area contributed by atoms with E-state index >= 15 is 0 Å².